The Hall–Kier alpha value is -2.16. The zero-order chi connectivity index (χ0) is 16.5. The van der Waals surface area contributed by atoms with E-state index in [0.29, 0.717) is 5.69 Å². The monoisotopic (exact) mass is 331 g/mol. The first-order chi connectivity index (χ1) is 10.2. The van der Waals surface area contributed by atoms with Gasteiger partial charge in [0.05, 0.1) is 12.9 Å². The molecule has 1 N–H and O–H groups in total. The van der Waals surface area contributed by atoms with Crippen LogP contribution in [0.3, 0.4) is 0 Å². The fourth-order valence-electron chi connectivity index (χ4n) is 2.46. The van der Waals surface area contributed by atoms with Crippen LogP contribution in [0.1, 0.15) is 16.8 Å². The van der Waals surface area contributed by atoms with Crippen LogP contribution in [0.25, 0.3) is 0 Å². The van der Waals surface area contributed by atoms with Gasteiger partial charge < -0.3 is 14.7 Å². The number of carbonyl (C=O) groups is 2. The van der Waals surface area contributed by atoms with E-state index in [-0.39, 0.29) is 30.2 Å². The summed E-state index contributed by atoms with van der Waals surface area (Å²) in [4.78, 5) is 24.4. The van der Waals surface area contributed by atoms with Crippen molar-refractivity contribution in [3.05, 3.63) is 23.8 Å². The molecule has 0 radical (unpaired) electrons. The predicted molar refractivity (Wildman–Crippen MR) is 75.3 cm³/mol. The number of hydrogen-bond donors (Lipinski definition) is 1. The Labute approximate surface area is 126 Å². The first-order valence-corrected chi connectivity index (χ1v) is 7.90. The van der Waals surface area contributed by atoms with Gasteiger partial charge >= 0.3 is 16.2 Å². The van der Waals surface area contributed by atoms with Crippen molar-refractivity contribution >= 4 is 27.8 Å². The minimum atomic E-state index is -4.66. The summed E-state index contributed by atoms with van der Waals surface area (Å²) in [5.41, 5.74) is 0.191. The van der Waals surface area contributed by atoms with Crippen molar-refractivity contribution in [2.24, 2.45) is 5.92 Å². The molecule has 120 valence electrons. The molecule has 1 fully saturated rings. The largest absolute Gasteiger partial charge is 0.496 e. The summed E-state index contributed by atoms with van der Waals surface area (Å²) >= 11 is 0. The van der Waals surface area contributed by atoms with Gasteiger partial charge in [0.25, 0.3) is 0 Å². The van der Waals surface area contributed by atoms with Crippen LogP contribution >= 0.6 is 0 Å². The Morgan fingerprint density at radius 2 is 2.18 bits per heavy atom. The summed E-state index contributed by atoms with van der Waals surface area (Å²) in [6.45, 7) is 0.0212. The smallest absolute Gasteiger partial charge is 0.339 e. The maximum absolute atomic E-state index is 12.7. The molecule has 1 aliphatic rings. The molecule has 0 saturated carbocycles. The Morgan fingerprint density at radius 3 is 2.73 bits per heavy atom. The summed E-state index contributed by atoms with van der Waals surface area (Å²) in [5.74, 6) is -2.83. The van der Waals surface area contributed by atoms with E-state index in [1.807, 2.05) is 0 Å². The van der Waals surface area contributed by atoms with Crippen molar-refractivity contribution in [2.45, 2.75) is 6.42 Å². The minimum absolute atomic E-state index is 0.0212. The van der Waals surface area contributed by atoms with E-state index in [1.165, 1.54) is 30.2 Å². The molecule has 1 saturated heterocycles. The molecule has 2 rings (SSSR count). The molecular weight excluding hydrogens is 317 g/mol. The van der Waals surface area contributed by atoms with E-state index in [0.717, 1.165) is 0 Å². The van der Waals surface area contributed by atoms with Crippen LogP contribution in [-0.2, 0) is 15.0 Å². The number of carboxylic acids is 1. The third-order valence-electron chi connectivity index (χ3n) is 3.37. The van der Waals surface area contributed by atoms with Crippen LogP contribution in [0.5, 0.6) is 5.75 Å². The highest BCUT2D eigenvalue weighted by Crippen LogP contribution is 2.30. The van der Waals surface area contributed by atoms with Gasteiger partial charge in [-0.3, -0.25) is 4.79 Å². The molecule has 7 nitrogen and oxygen atoms in total. The number of carboxylic acid groups (broad SMARTS) is 1. The van der Waals surface area contributed by atoms with Gasteiger partial charge in [0, 0.05) is 24.6 Å². The molecule has 1 unspecified atom stereocenters. The lowest BCUT2D eigenvalue weighted by atomic mass is 10.1. The van der Waals surface area contributed by atoms with Gasteiger partial charge in [-0.25, -0.2) is 4.79 Å². The van der Waals surface area contributed by atoms with Crippen molar-refractivity contribution in [1.82, 2.24) is 0 Å². The SMILES string of the molecule is COc1ccc(N2CC(CS(=O)(=O)F)CC2=O)cc1C(=O)O. The molecule has 1 atom stereocenters. The lowest BCUT2D eigenvalue weighted by molar-refractivity contribution is -0.117. The van der Waals surface area contributed by atoms with Gasteiger partial charge in [0.1, 0.15) is 11.3 Å². The molecule has 0 bridgehead atoms. The van der Waals surface area contributed by atoms with E-state index in [2.05, 4.69) is 0 Å². The predicted octanol–water partition coefficient (Wildman–Crippen LogP) is 1.05. The van der Waals surface area contributed by atoms with Gasteiger partial charge in [-0.05, 0) is 18.2 Å². The number of hydrogen-bond acceptors (Lipinski definition) is 5. The number of aromatic carboxylic acids is 1. The van der Waals surface area contributed by atoms with Crippen LogP contribution in [-0.4, -0.2) is 44.8 Å². The third-order valence-corrected chi connectivity index (χ3v) is 4.23. The first kappa shape index (κ1) is 16.2. The lowest BCUT2D eigenvalue weighted by Gasteiger charge is -2.18. The Kier molecular flexibility index (Phi) is 4.36. The first-order valence-electron chi connectivity index (χ1n) is 6.35. The molecule has 1 aromatic carbocycles. The van der Waals surface area contributed by atoms with Gasteiger partial charge in [0.15, 0.2) is 0 Å². The second-order valence-electron chi connectivity index (χ2n) is 4.97. The van der Waals surface area contributed by atoms with Crippen LogP contribution in [0.2, 0.25) is 0 Å². The Balaban J connectivity index is 2.27. The van der Waals surface area contributed by atoms with Crippen LogP contribution in [0.15, 0.2) is 18.2 Å². The number of rotatable bonds is 5. The molecule has 1 heterocycles. The highest BCUT2D eigenvalue weighted by atomic mass is 32.3. The quantitative estimate of drug-likeness (QED) is 0.809. The van der Waals surface area contributed by atoms with Gasteiger partial charge in [-0.2, -0.15) is 8.42 Å². The molecule has 9 heteroatoms. The van der Waals surface area contributed by atoms with E-state index < -0.39 is 27.9 Å². The summed E-state index contributed by atoms with van der Waals surface area (Å²) < 4.78 is 39.0. The van der Waals surface area contributed by atoms with Crippen molar-refractivity contribution in [3.8, 4) is 5.75 Å². The van der Waals surface area contributed by atoms with Crippen molar-refractivity contribution < 1.29 is 31.7 Å². The third kappa shape index (κ3) is 3.53. The number of anilines is 1. The molecule has 0 aromatic heterocycles. The summed E-state index contributed by atoms with van der Waals surface area (Å²) in [5, 5.41) is 9.12. The number of ether oxygens (including phenoxy) is 1. The van der Waals surface area contributed by atoms with E-state index in [4.69, 9.17) is 9.84 Å². The van der Waals surface area contributed by atoms with Crippen LogP contribution in [0, 0.1) is 5.92 Å². The average Bonchev–Trinajstić information content (AvgIpc) is 2.76. The number of methoxy groups -OCH3 is 1. The zero-order valence-electron chi connectivity index (χ0n) is 11.7. The van der Waals surface area contributed by atoms with Crippen molar-refractivity contribution in [2.75, 3.05) is 24.3 Å². The molecule has 1 aromatic rings. The van der Waals surface area contributed by atoms with E-state index >= 15 is 0 Å². The Bertz CT molecular complexity index is 717. The van der Waals surface area contributed by atoms with E-state index in [1.54, 1.807) is 0 Å². The summed E-state index contributed by atoms with van der Waals surface area (Å²) in [6.07, 6.45) is -0.0996. The fraction of sp³-hybridized carbons (Fsp3) is 0.385. The van der Waals surface area contributed by atoms with Gasteiger partial charge in [-0.15, -0.1) is 3.89 Å². The van der Waals surface area contributed by atoms with Crippen LogP contribution < -0.4 is 9.64 Å². The number of benzene rings is 1. The highest BCUT2D eigenvalue weighted by Gasteiger charge is 2.34. The maximum Gasteiger partial charge on any atom is 0.339 e. The van der Waals surface area contributed by atoms with Crippen molar-refractivity contribution in [1.29, 1.82) is 0 Å². The standard InChI is InChI=1S/C13H14FNO6S/c1-21-11-3-2-9(5-10(11)13(17)18)15-6-8(4-12(15)16)7-22(14,19)20/h2-3,5,8H,4,6-7H2,1H3,(H,17,18). The number of carbonyl (C=O) groups excluding carboxylic acids is 1. The lowest BCUT2D eigenvalue weighted by Crippen LogP contribution is -2.25. The summed E-state index contributed by atoms with van der Waals surface area (Å²) in [6, 6.07) is 4.17. The zero-order valence-corrected chi connectivity index (χ0v) is 12.5. The second-order valence-corrected chi connectivity index (χ2v) is 6.38. The molecule has 0 aliphatic carbocycles. The maximum atomic E-state index is 12.7. The van der Waals surface area contributed by atoms with Gasteiger partial charge in [-0.1, -0.05) is 0 Å². The minimum Gasteiger partial charge on any atom is -0.496 e. The fourth-order valence-corrected chi connectivity index (χ4v) is 3.24. The normalized spacial score (nSPS) is 18.5. The number of amides is 1. The molecule has 1 aliphatic heterocycles. The molecule has 0 spiro atoms. The van der Waals surface area contributed by atoms with E-state index in [9.17, 15) is 21.9 Å². The Morgan fingerprint density at radius 1 is 1.50 bits per heavy atom. The van der Waals surface area contributed by atoms with Crippen molar-refractivity contribution in [3.63, 3.8) is 0 Å². The molecule has 1 amide bonds. The molecule has 22 heavy (non-hydrogen) atoms. The summed E-state index contributed by atoms with van der Waals surface area (Å²) in [7, 11) is -3.34. The number of nitrogens with zero attached hydrogens (tertiary/aromatic N) is 1. The topological polar surface area (TPSA) is 101 Å². The highest BCUT2D eigenvalue weighted by molar-refractivity contribution is 7.86. The van der Waals surface area contributed by atoms with Crippen LogP contribution in [0.4, 0.5) is 9.57 Å². The second kappa shape index (κ2) is 5.91. The van der Waals surface area contributed by atoms with Gasteiger partial charge in [0.2, 0.25) is 5.91 Å². The average molecular weight is 331 g/mol. The molecular formula is C13H14FNO6S. The number of halogens is 1.